The van der Waals surface area contributed by atoms with Crippen LogP contribution in [0.5, 0.6) is 11.5 Å². The van der Waals surface area contributed by atoms with E-state index in [-0.39, 0.29) is 29.4 Å². The van der Waals surface area contributed by atoms with Crippen molar-refractivity contribution >= 4 is 28.8 Å². The summed E-state index contributed by atoms with van der Waals surface area (Å²) in [6.45, 7) is 2.33. The second-order valence-electron chi connectivity index (χ2n) is 6.91. The van der Waals surface area contributed by atoms with Crippen molar-refractivity contribution in [2.45, 2.75) is 19.5 Å². The molecule has 1 unspecified atom stereocenters. The third kappa shape index (κ3) is 3.89. The number of amides is 1. The van der Waals surface area contributed by atoms with Crippen molar-refractivity contribution in [2.75, 3.05) is 6.61 Å². The number of Topliss-reactive ketones (excluding diaryl/α,β-unsaturated/α-hetero) is 1. The molecule has 1 aliphatic rings. The van der Waals surface area contributed by atoms with E-state index in [2.05, 4.69) is 4.98 Å². The number of aromatic hydroxyl groups is 1. The number of phenolic OH excluding ortho intramolecular Hbond substituents is 1. The third-order valence-electron chi connectivity index (χ3n) is 4.98. The highest BCUT2D eigenvalue weighted by molar-refractivity contribution is 7.09. The summed E-state index contributed by atoms with van der Waals surface area (Å²) in [4.78, 5) is 32.3. The molecule has 2 N–H and O–H groups in total. The Balaban J connectivity index is 1.88. The number of pyridine rings is 1. The molecule has 0 spiro atoms. The molecule has 1 fully saturated rings. The summed E-state index contributed by atoms with van der Waals surface area (Å²) < 4.78 is 5.49. The molecular weight excluding hydrogens is 416 g/mol. The van der Waals surface area contributed by atoms with E-state index >= 15 is 0 Å². The van der Waals surface area contributed by atoms with Crippen molar-refractivity contribution in [3.63, 3.8) is 0 Å². The summed E-state index contributed by atoms with van der Waals surface area (Å²) in [7, 11) is 0. The lowest BCUT2D eigenvalue weighted by Crippen LogP contribution is -2.28. The molecule has 1 aliphatic heterocycles. The molecular formula is C23H20N2O5S. The van der Waals surface area contributed by atoms with Gasteiger partial charge in [0.2, 0.25) is 0 Å². The first kappa shape index (κ1) is 20.6. The lowest BCUT2D eigenvalue weighted by Gasteiger charge is -2.25. The van der Waals surface area contributed by atoms with Gasteiger partial charge < -0.3 is 19.8 Å². The van der Waals surface area contributed by atoms with Gasteiger partial charge in [0, 0.05) is 22.8 Å². The summed E-state index contributed by atoms with van der Waals surface area (Å²) in [5, 5.41) is 23.0. The molecule has 158 valence electrons. The highest BCUT2D eigenvalue weighted by Crippen LogP contribution is 2.42. The Bertz CT molecular complexity index is 1140. The first-order valence-electron chi connectivity index (χ1n) is 9.68. The number of carbonyl (C=O) groups excluding carboxylic acids is 2. The summed E-state index contributed by atoms with van der Waals surface area (Å²) in [6, 6.07) is 10.8. The molecule has 8 heteroatoms. The molecule has 1 aromatic carbocycles. The first-order chi connectivity index (χ1) is 15.0. The average Bonchev–Trinajstić information content (AvgIpc) is 3.38. The minimum absolute atomic E-state index is 0.0253. The van der Waals surface area contributed by atoms with Crippen LogP contribution in [-0.4, -0.2) is 38.4 Å². The molecule has 4 rings (SSSR count). The maximum Gasteiger partial charge on any atom is 0.295 e. The fourth-order valence-corrected chi connectivity index (χ4v) is 4.29. The quantitative estimate of drug-likeness (QED) is 0.346. The van der Waals surface area contributed by atoms with Crippen LogP contribution in [0.4, 0.5) is 0 Å². The van der Waals surface area contributed by atoms with E-state index in [1.165, 1.54) is 28.5 Å². The van der Waals surface area contributed by atoms with E-state index in [0.717, 1.165) is 4.88 Å². The van der Waals surface area contributed by atoms with Gasteiger partial charge in [-0.3, -0.25) is 14.6 Å². The van der Waals surface area contributed by atoms with Gasteiger partial charge in [0.25, 0.3) is 11.7 Å². The normalized spacial score (nSPS) is 17.8. The van der Waals surface area contributed by atoms with Gasteiger partial charge in [0.15, 0.2) is 11.5 Å². The Hall–Kier alpha value is -3.65. The minimum atomic E-state index is -0.845. The number of likely N-dealkylation sites (tertiary alicyclic amines) is 1. The molecule has 0 radical (unpaired) electrons. The number of benzene rings is 1. The van der Waals surface area contributed by atoms with E-state index in [0.29, 0.717) is 17.7 Å². The largest absolute Gasteiger partial charge is 0.507 e. The Labute approximate surface area is 182 Å². The van der Waals surface area contributed by atoms with E-state index in [1.807, 2.05) is 17.5 Å². The van der Waals surface area contributed by atoms with Crippen molar-refractivity contribution in [1.82, 2.24) is 9.88 Å². The number of thiophene rings is 1. The first-order valence-corrected chi connectivity index (χ1v) is 10.6. The monoisotopic (exact) mass is 436 g/mol. The number of carbonyl (C=O) groups is 2. The molecule has 31 heavy (non-hydrogen) atoms. The fourth-order valence-electron chi connectivity index (χ4n) is 3.59. The zero-order valence-electron chi connectivity index (χ0n) is 16.7. The molecule has 0 aliphatic carbocycles. The van der Waals surface area contributed by atoms with Crippen LogP contribution in [0.2, 0.25) is 0 Å². The zero-order valence-corrected chi connectivity index (χ0v) is 17.5. The van der Waals surface area contributed by atoms with Crippen LogP contribution >= 0.6 is 11.3 Å². The standard InChI is InChI=1S/C23H20N2O5S/c1-2-30-18-11-14(7-8-17(18)26)20-19(21(27)15-5-3-9-24-12-15)22(28)23(29)25(20)13-16-6-4-10-31-16/h3-12,20,26-27H,2,13H2,1H3/b21-19+. The summed E-state index contributed by atoms with van der Waals surface area (Å²) in [5.41, 5.74) is 0.857. The molecule has 3 heterocycles. The third-order valence-corrected chi connectivity index (χ3v) is 5.84. The smallest absolute Gasteiger partial charge is 0.295 e. The Morgan fingerprint density at radius 3 is 2.74 bits per heavy atom. The maximum absolute atomic E-state index is 13.0. The number of rotatable bonds is 6. The molecule has 0 saturated carbocycles. The van der Waals surface area contributed by atoms with E-state index in [4.69, 9.17) is 4.74 Å². The zero-order chi connectivity index (χ0) is 22.0. The molecule has 1 saturated heterocycles. The lowest BCUT2D eigenvalue weighted by atomic mass is 9.95. The average molecular weight is 436 g/mol. The number of hydrogen-bond donors (Lipinski definition) is 2. The van der Waals surface area contributed by atoms with Crippen LogP contribution in [0.15, 0.2) is 65.8 Å². The van der Waals surface area contributed by atoms with Gasteiger partial charge in [0.1, 0.15) is 5.76 Å². The molecule has 0 bridgehead atoms. The Morgan fingerprint density at radius 1 is 1.23 bits per heavy atom. The van der Waals surface area contributed by atoms with Gasteiger partial charge in [-0.2, -0.15) is 0 Å². The van der Waals surface area contributed by atoms with Crippen molar-refractivity contribution < 1.29 is 24.5 Å². The number of aliphatic hydroxyl groups is 1. The van der Waals surface area contributed by atoms with Crippen molar-refractivity contribution in [3.05, 3.63) is 81.8 Å². The van der Waals surface area contributed by atoms with E-state index in [1.54, 1.807) is 37.4 Å². The number of aromatic nitrogens is 1. The van der Waals surface area contributed by atoms with E-state index in [9.17, 15) is 19.8 Å². The van der Waals surface area contributed by atoms with Gasteiger partial charge in [-0.1, -0.05) is 12.1 Å². The summed E-state index contributed by atoms with van der Waals surface area (Å²) in [6.07, 6.45) is 2.99. The molecule has 2 aromatic heterocycles. The van der Waals surface area contributed by atoms with Gasteiger partial charge >= 0.3 is 0 Å². The fraction of sp³-hybridized carbons (Fsp3) is 0.174. The second-order valence-corrected chi connectivity index (χ2v) is 7.94. The molecule has 1 atom stereocenters. The van der Waals surface area contributed by atoms with Gasteiger partial charge in [-0.15, -0.1) is 11.3 Å². The number of phenols is 1. The van der Waals surface area contributed by atoms with Crippen LogP contribution < -0.4 is 4.74 Å². The number of hydrogen-bond acceptors (Lipinski definition) is 7. The van der Waals surface area contributed by atoms with Crippen LogP contribution in [0.1, 0.15) is 29.0 Å². The predicted octanol–water partition coefficient (Wildman–Crippen LogP) is 3.87. The van der Waals surface area contributed by atoms with Crippen molar-refractivity contribution in [2.24, 2.45) is 0 Å². The van der Waals surface area contributed by atoms with Crippen molar-refractivity contribution in [1.29, 1.82) is 0 Å². The van der Waals surface area contributed by atoms with Gasteiger partial charge in [-0.25, -0.2) is 0 Å². The van der Waals surface area contributed by atoms with Gasteiger partial charge in [0.05, 0.1) is 24.8 Å². The summed E-state index contributed by atoms with van der Waals surface area (Å²) in [5.74, 6) is -1.57. The number of nitrogens with zero attached hydrogens (tertiary/aromatic N) is 2. The minimum Gasteiger partial charge on any atom is -0.507 e. The van der Waals surface area contributed by atoms with Gasteiger partial charge in [-0.05, 0) is 48.2 Å². The maximum atomic E-state index is 13.0. The second kappa shape index (κ2) is 8.61. The van der Waals surface area contributed by atoms with Crippen LogP contribution in [0.3, 0.4) is 0 Å². The predicted molar refractivity (Wildman–Crippen MR) is 116 cm³/mol. The molecule has 3 aromatic rings. The number of aliphatic hydroxyl groups excluding tert-OH is 1. The lowest BCUT2D eigenvalue weighted by molar-refractivity contribution is -0.140. The highest BCUT2D eigenvalue weighted by atomic mass is 32.1. The van der Waals surface area contributed by atoms with E-state index < -0.39 is 17.7 Å². The highest BCUT2D eigenvalue weighted by Gasteiger charge is 2.46. The van der Waals surface area contributed by atoms with Crippen molar-refractivity contribution in [3.8, 4) is 11.5 Å². The molecule has 1 amide bonds. The number of ether oxygens (including phenoxy) is 1. The topological polar surface area (TPSA) is 100.0 Å². The number of ketones is 1. The SMILES string of the molecule is CCOc1cc(C2/C(=C(\O)c3cccnc3)C(=O)C(=O)N2Cc2cccs2)ccc1O. The molecule has 7 nitrogen and oxygen atoms in total. The summed E-state index contributed by atoms with van der Waals surface area (Å²) >= 11 is 1.47. The van der Waals surface area contributed by atoms with Crippen LogP contribution in [0.25, 0.3) is 5.76 Å². The van der Waals surface area contributed by atoms with Crippen LogP contribution in [-0.2, 0) is 16.1 Å². The van der Waals surface area contributed by atoms with Crippen LogP contribution in [0, 0.1) is 0 Å². The Kier molecular flexibility index (Phi) is 5.73. The Morgan fingerprint density at radius 2 is 2.06 bits per heavy atom.